The number of Topliss-reactive ketones (excluding diaryl/α,β-unsaturated/α-hetero) is 1. The first-order chi connectivity index (χ1) is 12.1. The predicted octanol–water partition coefficient (Wildman–Crippen LogP) is 3.97. The molecule has 0 radical (unpaired) electrons. The van der Waals surface area contributed by atoms with Crippen LogP contribution in [0.1, 0.15) is 27.2 Å². The number of aromatic nitrogens is 1. The van der Waals surface area contributed by atoms with Crippen molar-refractivity contribution >= 4 is 17.4 Å². The maximum absolute atomic E-state index is 12.6. The van der Waals surface area contributed by atoms with E-state index in [0.717, 1.165) is 16.7 Å². The molecule has 0 fully saturated rings. The molecule has 0 saturated heterocycles. The van der Waals surface area contributed by atoms with E-state index >= 15 is 0 Å². The Morgan fingerprint density at radius 3 is 2.44 bits per heavy atom. The van der Waals surface area contributed by atoms with Crippen molar-refractivity contribution < 1.29 is 9.59 Å². The molecule has 0 aliphatic heterocycles. The van der Waals surface area contributed by atoms with Gasteiger partial charge >= 0.3 is 0 Å². The molecule has 3 rings (SSSR count). The summed E-state index contributed by atoms with van der Waals surface area (Å²) in [5.41, 5.74) is 4.15. The van der Waals surface area contributed by atoms with E-state index in [1.165, 1.54) is 0 Å². The lowest BCUT2D eigenvalue weighted by atomic mass is 10.1. The average Bonchev–Trinajstić information content (AvgIpc) is 3.07. The third-order valence-electron chi connectivity index (χ3n) is 4.32. The fourth-order valence-electron chi connectivity index (χ4n) is 2.72. The predicted molar refractivity (Wildman–Crippen MR) is 98.9 cm³/mol. The van der Waals surface area contributed by atoms with Crippen molar-refractivity contribution in [3.63, 3.8) is 0 Å². The highest BCUT2D eigenvalue weighted by molar-refractivity contribution is 6.46. The van der Waals surface area contributed by atoms with E-state index in [9.17, 15) is 9.59 Å². The van der Waals surface area contributed by atoms with E-state index in [2.05, 4.69) is 5.32 Å². The van der Waals surface area contributed by atoms with Crippen molar-refractivity contribution in [2.75, 3.05) is 5.32 Å². The van der Waals surface area contributed by atoms with Gasteiger partial charge in [0.15, 0.2) is 0 Å². The summed E-state index contributed by atoms with van der Waals surface area (Å²) in [5.74, 6) is -1.16. The molecule has 0 aliphatic rings. The molecule has 1 amide bonds. The first kappa shape index (κ1) is 16.7. The third-order valence-corrected chi connectivity index (χ3v) is 4.32. The Kier molecular flexibility index (Phi) is 4.80. The smallest absolute Gasteiger partial charge is 0.298 e. The number of anilines is 1. The molecule has 25 heavy (non-hydrogen) atoms. The van der Waals surface area contributed by atoms with Crippen LogP contribution in [-0.2, 0) is 11.3 Å². The number of hydrogen-bond acceptors (Lipinski definition) is 2. The summed E-state index contributed by atoms with van der Waals surface area (Å²) in [5, 5.41) is 2.73. The maximum atomic E-state index is 12.6. The van der Waals surface area contributed by atoms with Gasteiger partial charge in [-0.2, -0.15) is 0 Å². The zero-order chi connectivity index (χ0) is 17.8. The lowest BCUT2D eigenvalue weighted by Crippen LogP contribution is -2.25. The van der Waals surface area contributed by atoms with Crippen molar-refractivity contribution in [1.82, 2.24) is 4.57 Å². The highest BCUT2D eigenvalue weighted by Gasteiger charge is 2.20. The van der Waals surface area contributed by atoms with Gasteiger partial charge in [0.1, 0.15) is 0 Å². The lowest BCUT2D eigenvalue weighted by molar-refractivity contribution is -0.112. The van der Waals surface area contributed by atoms with Gasteiger partial charge in [-0.25, -0.2) is 0 Å². The normalized spacial score (nSPS) is 10.5. The SMILES string of the molecule is Cc1cccc(NC(=O)C(=O)c2cccn2Cc2ccccc2)c1C. The highest BCUT2D eigenvalue weighted by Crippen LogP contribution is 2.18. The molecule has 0 bridgehead atoms. The van der Waals surface area contributed by atoms with Gasteiger partial charge in [0, 0.05) is 18.4 Å². The fourth-order valence-corrected chi connectivity index (χ4v) is 2.72. The van der Waals surface area contributed by atoms with E-state index in [1.807, 2.05) is 62.5 Å². The van der Waals surface area contributed by atoms with Gasteiger partial charge in [-0.05, 0) is 48.7 Å². The largest absolute Gasteiger partial charge is 0.340 e. The molecule has 1 aromatic heterocycles. The van der Waals surface area contributed by atoms with E-state index in [0.29, 0.717) is 17.9 Å². The number of nitrogens with one attached hydrogen (secondary N) is 1. The van der Waals surface area contributed by atoms with Crippen molar-refractivity contribution in [1.29, 1.82) is 0 Å². The zero-order valence-corrected chi connectivity index (χ0v) is 14.3. The first-order valence-electron chi connectivity index (χ1n) is 8.17. The van der Waals surface area contributed by atoms with E-state index in [-0.39, 0.29) is 0 Å². The number of rotatable bonds is 5. The highest BCUT2D eigenvalue weighted by atomic mass is 16.2. The topological polar surface area (TPSA) is 51.1 Å². The molecule has 0 spiro atoms. The van der Waals surface area contributed by atoms with Crippen LogP contribution in [0.5, 0.6) is 0 Å². The Bertz CT molecular complexity index is 911. The molecular formula is C21H20N2O2. The molecular weight excluding hydrogens is 312 g/mol. The Labute approximate surface area is 147 Å². The second-order valence-electron chi connectivity index (χ2n) is 6.04. The third kappa shape index (κ3) is 3.69. The van der Waals surface area contributed by atoms with Gasteiger partial charge in [-0.3, -0.25) is 9.59 Å². The monoisotopic (exact) mass is 332 g/mol. The first-order valence-corrected chi connectivity index (χ1v) is 8.17. The number of carbonyl (C=O) groups excluding carboxylic acids is 2. The number of ketones is 1. The summed E-state index contributed by atoms with van der Waals surface area (Å²) in [4.78, 5) is 25.0. The van der Waals surface area contributed by atoms with Crippen LogP contribution in [0.15, 0.2) is 66.9 Å². The van der Waals surface area contributed by atoms with Gasteiger partial charge in [0.25, 0.3) is 11.7 Å². The summed E-state index contributed by atoms with van der Waals surface area (Å²) < 4.78 is 1.79. The van der Waals surface area contributed by atoms with Crippen molar-refractivity contribution in [3.05, 3.63) is 89.2 Å². The van der Waals surface area contributed by atoms with Gasteiger partial charge in [-0.15, -0.1) is 0 Å². The summed E-state index contributed by atoms with van der Waals surface area (Å²) in [6.45, 7) is 4.44. The molecule has 0 saturated carbocycles. The quantitative estimate of drug-likeness (QED) is 0.568. The van der Waals surface area contributed by atoms with E-state index in [4.69, 9.17) is 0 Å². The minimum absolute atomic E-state index is 0.381. The number of amides is 1. The van der Waals surface area contributed by atoms with E-state index < -0.39 is 11.7 Å². The Morgan fingerprint density at radius 1 is 0.920 bits per heavy atom. The summed E-state index contributed by atoms with van der Waals surface area (Å²) in [7, 11) is 0. The average molecular weight is 332 g/mol. The Balaban J connectivity index is 1.78. The number of nitrogens with zero attached hydrogens (tertiary/aromatic N) is 1. The maximum Gasteiger partial charge on any atom is 0.298 e. The molecule has 0 unspecified atom stereocenters. The lowest BCUT2D eigenvalue weighted by Gasteiger charge is -2.11. The second-order valence-corrected chi connectivity index (χ2v) is 6.04. The number of hydrogen-bond donors (Lipinski definition) is 1. The molecule has 1 heterocycles. The summed E-state index contributed by atoms with van der Waals surface area (Å²) >= 11 is 0. The van der Waals surface area contributed by atoms with Crippen LogP contribution < -0.4 is 5.32 Å². The molecule has 2 aromatic carbocycles. The molecule has 0 aliphatic carbocycles. The van der Waals surface area contributed by atoms with Crippen molar-refractivity contribution in [2.24, 2.45) is 0 Å². The zero-order valence-electron chi connectivity index (χ0n) is 14.3. The van der Waals surface area contributed by atoms with Gasteiger partial charge in [-0.1, -0.05) is 42.5 Å². The van der Waals surface area contributed by atoms with Crippen LogP contribution in [-0.4, -0.2) is 16.3 Å². The molecule has 3 aromatic rings. The summed E-state index contributed by atoms with van der Waals surface area (Å²) in [6.07, 6.45) is 1.81. The second kappa shape index (κ2) is 7.18. The van der Waals surface area contributed by atoms with Crippen LogP contribution in [0.25, 0.3) is 0 Å². The fraction of sp³-hybridized carbons (Fsp3) is 0.143. The molecule has 1 N–H and O–H groups in total. The van der Waals surface area contributed by atoms with Crippen LogP contribution in [0, 0.1) is 13.8 Å². The number of carbonyl (C=O) groups is 2. The molecule has 0 atom stereocenters. The van der Waals surface area contributed by atoms with Gasteiger partial charge in [0.05, 0.1) is 5.69 Å². The molecule has 4 nitrogen and oxygen atoms in total. The van der Waals surface area contributed by atoms with Crippen LogP contribution in [0.2, 0.25) is 0 Å². The number of aryl methyl sites for hydroxylation is 1. The summed E-state index contributed by atoms with van der Waals surface area (Å²) in [6, 6.07) is 18.9. The van der Waals surface area contributed by atoms with Crippen molar-refractivity contribution in [2.45, 2.75) is 20.4 Å². The molecule has 4 heteroatoms. The molecule has 126 valence electrons. The van der Waals surface area contributed by atoms with E-state index in [1.54, 1.807) is 22.8 Å². The van der Waals surface area contributed by atoms with Crippen LogP contribution in [0.3, 0.4) is 0 Å². The standard InChI is InChI=1S/C21H20N2O2/c1-15-8-6-11-18(16(15)2)22-21(25)20(24)19-12-7-13-23(19)14-17-9-4-3-5-10-17/h3-13H,14H2,1-2H3,(H,22,25). The van der Waals surface area contributed by atoms with Crippen LogP contribution in [0.4, 0.5) is 5.69 Å². The Morgan fingerprint density at radius 2 is 1.68 bits per heavy atom. The number of benzene rings is 2. The van der Waals surface area contributed by atoms with Crippen LogP contribution >= 0.6 is 0 Å². The minimum atomic E-state index is -0.623. The van der Waals surface area contributed by atoms with Crippen molar-refractivity contribution in [3.8, 4) is 0 Å². The Hall–Kier alpha value is -3.14. The van der Waals surface area contributed by atoms with Gasteiger partial charge < -0.3 is 9.88 Å². The minimum Gasteiger partial charge on any atom is -0.340 e. The van der Waals surface area contributed by atoms with Gasteiger partial charge in [0.2, 0.25) is 0 Å².